The predicted molar refractivity (Wildman–Crippen MR) is 211 cm³/mol. The molecule has 2 nitrogen and oxygen atoms in total. The Morgan fingerprint density at radius 2 is 1.31 bits per heavy atom. The second-order valence-corrected chi connectivity index (χ2v) is 23.1. The van der Waals surface area contributed by atoms with Gasteiger partial charge in [-0.1, -0.05) is 156 Å². The third-order valence-electron chi connectivity index (χ3n) is 9.13. The Morgan fingerprint density at radius 1 is 0.844 bits per heavy atom. The minimum atomic E-state index is -2.67. The molecule has 254 valence electrons. The van der Waals surface area contributed by atoms with Gasteiger partial charge in [0.25, 0.3) is 8.32 Å². The second-order valence-electron chi connectivity index (χ2n) is 13.7. The van der Waals surface area contributed by atoms with Crippen LogP contribution in [0.5, 0.6) is 0 Å². The summed E-state index contributed by atoms with van der Waals surface area (Å²) >= 11 is 2.35. The molecule has 0 aromatic heterocycles. The normalized spacial score (nSPS) is 14.4. The van der Waals surface area contributed by atoms with Crippen molar-refractivity contribution in [2.45, 2.75) is 117 Å². The highest BCUT2D eigenvalue weighted by Crippen LogP contribution is 2.61. The first kappa shape index (κ1) is 42.7. The molecule has 0 fully saturated rings. The molecule has 2 rings (SSSR count). The summed E-state index contributed by atoms with van der Waals surface area (Å²) in [5.41, 5.74) is 1.58. The van der Waals surface area contributed by atoms with Crippen molar-refractivity contribution in [3.8, 4) is 0 Å². The van der Waals surface area contributed by atoms with Crippen LogP contribution in [-0.4, -0.2) is 52.3 Å². The van der Waals surface area contributed by atoms with Crippen LogP contribution in [0.1, 0.15) is 99.8 Å². The topological polar surface area (TPSA) is 18.5 Å². The monoisotopic (exact) mass is 828 g/mol. The van der Waals surface area contributed by atoms with E-state index < -0.39 is 15.6 Å². The summed E-state index contributed by atoms with van der Waals surface area (Å²) in [7, 11) is -1.75. The van der Waals surface area contributed by atoms with Crippen LogP contribution >= 0.6 is 29.9 Å². The molecule has 2 aromatic rings. The predicted octanol–water partition coefficient (Wildman–Crippen LogP) is 8.04. The molecule has 2 atom stereocenters. The number of hydrogen-bond donors (Lipinski definition) is 0. The average Bonchev–Trinajstić information content (AvgIpc) is 3.02. The zero-order chi connectivity index (χ0) is 32.5. The zero-order valence-electron chi connectivity index (χ0n) is 29.7. The Balaban J connectivity index is 0.0000101. The van der Waals surface area contributed by atoms with Crippen molar-refractivity contribution in [2.24, 2.45) is 0 Å². The number of methoxy groups -OCH3 is 1. The van der Waals surface area contributed by atoms with Crippen LogP contribution < -0.4 is 27.4 Å². The van der Waals surface area contributed by atoms with E-state index in [1.807, 2.05) is 7.11 Å². The maximum Gasteiger partial charge on any atom is 0.261 e. The third kappa shape index (κ3) is 13.3. The van der Waals surface area contributed by atoms with E-state index in [1.165, 1.54) is 73.5 Å². The fraction of sp³-hybridized carbons (Fsp3) is 0.590. The Kier molecular flexibility index (Phi) is 21.2. The van der Waals surface area contributed by atoms with Gasteiger partial charge >= 0.3 is 0 Å². The van der Waals surface area contributed by atoms with Crippen LogP contribution in [0, 0.1) is 0 Å². The van der Waals surface area contributed by atoms with Crippen molar-refractivity contribution in [1.82, 2.24) is 0 Å². The fourth-order valence-electron chi connectivity index (χ4n) is 6.69. The van der Waals surface area contributed by atoms with Gasteiger partial charge in [0.2, 0.25) is 0 Å². The van der Waals surface area contributed by atoms with Gasteiger partial charge in [0.15, 0.2) is 0 Å². The molecule has 0 N–H and O–H groups in total. The first-order chi connectivity index (χ1) is 21.1. The number of unbranched alkanes of at least 4 members (excludes halogenated alkanes) is 3. The number of allylic oxidation sites excluding steroid dienone is 1. The molecule has 45 heavy (non-hydrogen) atoms. The van der Waals surface area contributed by atoms with E-state index >= 15 is 0 Å². The molecule has 0 heterocycles. The van der Waals surface area contributed by atoms with E-state index in [1.54, 1.807) is 5.57 Å². The molecule has 0 radical (unpaired) electrons. The molecule has 0 saturated carbocycles. The summed E-state index contributed by atoms with van der Waals surface area (Å²) < 4.78 is 15.8. The highest BCUT2D eigenvalue weighted by Gasteiger charge is 2.51. The lowest BCUT2D eigenvalue weighted by Gasteiger charge is -2.45. The first-order valence-electron chi connectivity index (χ1n) is 17.2. The van der Waals surface area contributed by atoms with Gasteiger partial charge in [0, 0.05) is 20.8 Å². The van der Waals surface area contributed by atoms with Gasteiger partial charge in [-0.2, -0.15) is 0 Å². The smallest absolute Gasteiger partial charge is 0.261 e. The number of rotatable bonds is 21. The second kappa shape index (κ2) is 22.4. The van der Waals surface area contributed by atoms with Gasteiger partial charge in [-0.3, -0.25) is 0 Å². The van der Waals surface area contributed by atoms with Crippen molar-refractivity contribution in [3.05, 3.63) is 82.5 Å². The van der Waals surface area contributed by atoms with Crippen LogP contribution in [0.2, 0.25) is 5.04 Å². The largest absolute Gasteiger partial charge is 1.00 e. The van der Waals surface area contributed by atoms with Gasteiger partial charge in [-0.25, -0.2) is 0 Å². The summed E-state index contributed by atoms with van der Waals surface area (Å²) in [4.78, 5) is 0. The third-order valence-corrected chi connectivity index (χ3v) is 19.6. The number of benzene rings is 2. The minimum Gasteiger partial charge on any atom is -1.00 e. The highest BCUT2D eigenvalue weighted by atomic mass is 127. The Hall–Kier alpha value is -0.303. The van der Waals surface area contributed by atoms with Crippen molar-refractivity contribution in [1.29, 1.82) is 0 Å². The lowest BCUT2D eigenvalue weighted by atomic mass is 10.1. The number of halogens is 2. The van der Waals surface area contributed by atoms with E-state index in [4.69, 9.17) is 9.16 Å². The van der Waals surface area contributed by atoms with Crippen molar-refractivity contribution >= 4 is 48.5 Å². The number of hydrogen-bond acceptors (Lipinski definition) is 2. The molecule has 0 aliphatic carbocycles. The average molecular weight is 830 g/mol. The molecule has 2 aromatic carbocycles. The van der Waals surface area contributed by atoms with Crippen LogP contribution in [0.4, 0.5) is 0 Å². The molecule has 0 aliphatic heterocycles. The van der Waals surface area contributed by atoms with E-state index in [0.717, 1.165) is 12.8 Å². The first-order valence-corrected chi connectivity index (χ1v) is 22.9. The van der Waals surface area contributed by atoms with Gasteiger partial charge in [-0.15, -0.1) is 0 Å². The zero-order valence-corrected chi connectivity index (χ0v) is 35.3. The minimum absolute atomic E-state index is 0. The molecular weight excluding hydrogens is 766 g/mol. The molecule has 0 unspecified atom stereocenters. The van der Waals surface area contributed by atoms with Gasteiger partial charge in [0.05, 0.1) is 36.9 Å². The molecule has 0 spiro atoms. The quantitative estimate of drug-likeness (QED) is 0.0550. The van der Waals surface area contributed by atoms with Gasteiger partial charge < -0.3 is 26.1 Å². The molecule has 0 saturated heterocycles. The lowest BCUT2D eigenvalue weighted by molar-refractivity contribution is -0.0000133. The van der Waals surface area contributed by atoms with Gasteiger partial charge in [0.1, 0.15) is 0 Å². The molecule has 0 amide bonds. The summed E-state index contributed by atoms with van der Waals surface area (Å²) in [6, 6.07) is 22.0. The highest BCUT2D eigenvalue weighted by molar-refractivity contribution is 14.1. The van der Waals surface area contributed by atoms with Crippen molar-refractivity contribution in [2.75, 3.05) is 31.8 Å². The van der Waals surface area contributed by atoms with E-state index in [2.05, 4.69) is 148 Å². The lowest BCUT2D eigenvalue weighted by Crippen LogP contribution is -3.00. The van der Waals surface area contributed by atoms with Gasteiger partial charge in [-0.05, 0) is 57.7 Å². The van der Waals surface area contributed by atoms with Crippen LogP contribution in [0.15, 0.2) is 82.5 Å². The van der Waals surface area contributed by atoms with E-state index in [9.17, 15) is 0 Å². The summed E-state index contributed by atoms with van der Waals surface area (Å²) in [5, 5.41) is 2.58. The maximum atomic E-state index is 7.52. The van der Waals surface area contributed by atoms with E-state index in [-0.39, 0.29) is 34.2 Å². The Labute approximate surface area is 304 Å². The molecule has 6 heteroatoms. The summed E-state index contributed by atoms with van der Waals surface area (Å²) in [6.45, 7) is 16.5. The van der Waals surface area contributed by atoms with Crippen LogP contribution in [0.25, 0.3) is 0 Å². The standard InChI is InChI=1S/C39H63IO2PSi.BrH/c1-9-12-29-43(30-13-10-2,31-14-11-3)33-34(4)25-26-35(41-8)32-36(27-28-40)42-44(39(5,6)7,37-21-17-15-18-22-37)38-23-19-16-20-24-38;/h15-25,27-28,35-36H,9-14,26,29-33H2,1-8H3;1H/q+1;/p-1/b28-27+,34-25-;/t35-,36+;/m0./s1. The molecule has 0 aliphatic rings. The van der Waals surface area contributed by atoms with Crippen LogP contribution in [-0.2, 0) is 9.16 Å². The van der Waals surface area contributed by atoms with Crippen molar-refractivity contribution in [3.63, 3.8) is 0 Å². The summed E-state index contributed by atoms with van der Waals surface area (Å²) in [6.07, 6.45) is 20.4. The Bertz CT molecular complexity index is 1040. The van der Waals surface area contributed by atoms with Crippen molar-refractivity contribution < 1.29 is 26.1 Å². The SMILES string of the molecule is CCCC[P+](CCCC)(CCCC)C/C(C)=C\C[C@@H](C[C@@H](/C=C/I)O[Si](c1ccccc1)(c1ccccc1)C(C)(C)C)OC.[Br-]. The molecular formula is C39H63BrIO2PSi. The van der Waals surface area contributed by atoms with E-state index in [0.29, 0.717) is 0 Å². The fourth-order valence-corrected chi connectivity index (χ4v) is 17.1. The summed E-state index contributed by atoms with van der Waals surface area (Å²) in [5.74, 6) is 0. The maximum absolute atomic E-state index is 7.52. The number of ether oxygens (including phenoxy) is 1. The molecule has 0 bridgehead atoms. The van der Waals surface area contributed by atoms with Crippen LogP contribution in [0.3, 0.4) is 0 Å². The Morgan fingerprint density at radius 3 is 1.69 bits per heavy atom.